The van der Waals surface area contributed by atoms with E-state index in [0.29, 0.717) is 56.2 Å². The Morgan fingerprint density at radius 3 is 2.74 bits per heavy atom. The zero-order valence-electron chi connectivity index (χ0n) is 15.8. The van der Waals surface area contributed by atoms with Gasteiger partial charge in [-0.25, -0.2) is 14.8 Å². The molecule has 2 amide bonds. The minimum Gasteiger partial charge on any atom is -0.493 e. The number of rotatable bonds is 5. The Bertz CT molecular complexity index is 792. The highest BCUT2D eigenvalue weighted by atomic mass is 16.5. The van der Waals surface area contributed by atoms with Crippen LogP contribution < -0.4 is 19.7 Å². The van der Waals surface area contributed by atoms with Crippen molar-refractivity contribution >= 4 is 17.8 Å². The number of ether oxygens (including phenoxy) is 2. The van der Waals surface area contributed by atoms with Gasteiger partial charge in [-0.1, -0.05) is 0 Å². The van der Waals surface area contributed by atoms with Crippen molar-refractivity contribution < 1.29 is 14.3 Å². The quantitative estimate of drug-likeness (QED) is 0.857. The molecule has 9 heteroatoms. The minimum absolute atomic E-state index is 0.202. The Hall–Kier alpha value is -3.10. The van der Waals surface area contributed by atoms with E-state index in [2.05, 4.69) is 25.2 Å². The van der Waals surface area contributed by atoms with E-state index >= 15 is 0 Å². The molecule has 0 aromatic carbocycles. The number of carbonyl (C=O) groups excluding carboxylic acids is 1. The lowest BCUT2D eigenvalue weighted by molar-refractivity contribution is 0.207. The van der Waals surface area contributed by atoms with Crippen molar-refractivity contribution in [3.63, 3.8) is 0 Å². The fourth-order valence-corrected chi connectivity index (χ4v) is 2.83. The van der Waals surface area contributed by atoms with Gasteiger partial charge in [0.05, 0.1) is 13.7 Å². The summed E-state index contributed by atoms with van der Waals surface area (Å²) in [5.41, 5.74) is 0.853. The summed E-state index contributed by atoms with van der Waals surface area (Å²) in [6.07, 6.45) is 1.61. The second-order valence-electron chi connectivity index (χ2n) is 6.04. The van der Waals surface area contributed by atoms with Crippen LogP contribution in [0.25, 0.3) is 0 Å². The van der Waals surface area contributed by atoms with Gasteiger partial charge in [0.15, 0.2) is 11.6 Å². The molecule has 1 N–H and O–H groups in total. The molecule has 1 saturated heterocycles. The van der Waals surface area contributed by atoms with Crippen molar-refractivity contribution in [2.45, 2.75) is 13.8 Å². The lowest BCUT2D eigenvalue weighted by Gasteiger charge is -2.34. The molecular weight excluding hydrogens is 348 g/mol. The Morgan fingerprint density at radius 2 is 2.04 bits per heavy atom. The van der Waals surface area contributed by atoms with E-state index in [0.717, 1.165) is 5.69 Å². The largest absolute Gasteiger partial charge is 0.493 e. The van der Waals surface area contributed by atoms with Crippen LogP contribution in [0.4, 0.5) is 16.6 Å². The van der Waals surface area contributed by atoms with Gasteiger partial charge in [0, 0.05) is 44.1 Å². The summed E-state index contributed by atoms with van der Waals surface area (Å²) in [4.78, 5) is 29.4. The molecule has 0 bridgehead atoms. The molecule has 2 aromatic heterocycles. The normalized spacial score (nSPS) is 14.0. The summed E-state index contributed by atoms with van der Waals surface area (Å²) in [5.74, 6) is 2.14. The number of anilines is 2. The van der Waals surface area contributed by atoms with Gasteiger partial charge in [-0.15, -0.1) is 0 Å². The summed E-state index contributed by atoms with van der Waals surface area (Å²) >= 11 is 0. The Kier molecular flexibility index (Phi) is 5.90. The van der Waals surface area contributed by atoms with E-state index in [-0.39, 0.29) is 6.03 Å². The van der Waals surface area contributed by atoms with E-state index in [1.165, 1.54) is 0 Å². The molecule has 0 unspecified atom stereocenters. The first kappa shape index (κ1) is 18.7. The van der Waals surface area contributed by atoms with Crippen LogP contribution in [0.3, 0.4) is 0 Å². The van der Waals surface area contributed by atoms with Crippen LogP contribution in [0.15, 0.2) is 24.4 Å². The van der Waals surface area contributed by atoms with E-state index in [1.54, 1.807) is 30.3 Å². The van der Waals surface area contributed by atoms with Crippen molar-refractivity contribution in [2.75, 3.05) is 50.1 Å². The van der Waals surface area contributed by atoms with Crippen molar-refractivity contribution in [2.24, 2.45) is 0 Å². The second kappa shape index (κ2) is 8.52. The zero-order chi connectivity index (χ0) is 19.2. The average Bonchev–Trinajstić information content (AvgIpc) is 2.68. The summed E-state index contributed by atoms with van der Waals surface area (Å²) in [6.45, 7) is 6.79. The van der Waals surface area contributed by atoms with E-state index < -0.39 is 0 Å². The number of hydrogen-bond donors (Lipinski definition) is 1. The van der Waals surface area contributed by atoms with Crippen LogP contribution in [0, 0.1) is 6.92 Å². The first-order valence-corrected chi connectivity index (χ1v) is 8.89. The number of carbonyl (C=O) groups is 1. The number of piperazine rings is 1. The fraction of sp³-hybridized carbons (Fsp3) is 0.444. The number of hydrogen-bond acceptors (Lipinski definition) is 7. The number of methoxy groups -OCH3 is 1. The lowest BCUT2D eigenvalue weighted by atomic mass is 10.3. The molecule has 3 rings (SSSR count). The zero-order valence-corrected chi connectivity index (χ0v) is 15.8. The third-order valence-electron chi connectivity index (χ3n) is 4.18. The highest BCUT2D eigenvalue weighted by molar-refractivity contribution is 5.89. The molecule has 0 spiro atoms. The molecule has 2 aromatic rings. The van der Waals surface area contributed by atoms with E-state index in [4.69, 9.17) is 9.47 Å². The predicted octanol–water partition coefficient (Wildman–Crippen LogP) is 1.94. The molecule has 1 aliphatic heterocycles. The predicted molar refractivity (Wildman–Crippen MR) is 102 cm³/mol. The van der Waals surface area contributed by atoms with Crippen molar-refractivity contribution in [1.29, 1.82) is 0 Å². The van der Waals surface area contributed by atoms with Gasteiger partial charge in [0.25, 0.3) is 0 Å². The smallest absolute Gasteiger partial charge is 0.323 e. The molecule has 1 fully saturated rings. The molecule has 0 radical (unpaired) electrons. The summed E-state index contributed by atoms with van der Waals surface area (Å²) in [5, 5.41) is 2.80. The Morgan fingerprint density at radius 1 is 1.26 bits per heavy atom. The van der Waals surface area contributed by atoms with Crippen molar-refractivity contribution in [3.05, 3.63) is 30.1 Å². The van der Waals surface area contributed by atoms with Gasteiger partial charge in [0.1, 0.15) is 0 Å². The number of aromatic nitrogens is 3. The molecule has 3 heterocycles. The van der Waals surface area contributed by atoms with Crippen LogP contribution in [-0.2, 0) is 0 Å². The van der Waals surface area contributed by atoms with Crippen molar-refractivity contribution in [1.82, 2.24) is 19.9 Å². The molecule has 144 valence electrons. The topological polar surface area (TPSA) is 92.7 Å². The first-order chi connectivity index (χ1) is 13.1. The molecule has 0 atom stereocenters. The maximum absolute atomic E-state index is 12.5. The highest BCUT2D eigenvalue weighted by Gasteiger charge is 2.24. The van der Waals surface area contributed by atoms with Gasteiger partial charge in [-0.2, -0.15) is 4.98 Å². The van der Waals surface area contributed by atoms with Crippen LogP contribution in [0.5, 0.6) is 11.6 Å². The number of aryl methyl sites for hydroxylation is 1. The number of nitrogens with zero attached hydrogens (tertiary/aromatic N) is 5. The van der Waals surface area contributed by atoms with Crippen LogP contribution in [0.2, 0.25) is 0 Å². The summed E-state index contributed by atoms with van der Waals surface area (Å²) < 4.78 is 10.7. The Balaban J connectivity index is 1.61. The fourth-order valence-electron chi connectivity index (χ4n) is 2.83. The third-order valence-corrected chi connectivity index (χ3v) is 4.18. The average molecular weight is 372 g/mol. The number of amides is 2. The SMILES string of the molecule is CCOc1cc(C)nc(N2CCN(C(=O)Nc3ncccc3OC)CC2)n1. The Labute approximate surface area is 158 Å². The maximum atomic E-state index is 12.5. The van der Waals surface area contributed by atoms with E-state index in [1.807, 2.05) is 19.9 Å². The minimum atomic E-state index is -0.202. The molecule has 9 nitrogen and oxygen atoms in total. The monoisotopic (exact) mass is 372 g/mol. The van der Waals surface area contributed by atoms with Gasteiger partial charge in [0.2, 0.25) is 11.8 Å². The number of urea groups is 1. The van der Waals surface area contributed by atoms with Gasteiger partial charge < -0.3 is 19.3 Å². The molecule has 1 aliphatic rings. The third kappa shape index (κ3) is 4.55. The number of pyridine rings is 1. The van der Waals surface area contributed by atoms with E-state index in [9.17, 15) is 4.79 Å². The molecule has 0 saturated carbocycles. The summed E-state index contributed by atoms with van der Waals surface area (Å²) in [7, 11) is 1.55. The maximum Gasteiger partial charge on any atom is 0.323 e. The van der Waals surface area contributed by atoms with Crippen LogP contribution in [0.1, 0.15) is 12.6 Å². The molecule has 27 heavy (non-hydrogen) atoms. The van der Waals surface area contributed by atoms with Crippen molar-refractivity contribution in [3.8, 4) is 11.6 Å². The second-order valence-corrected chi connectivity index (χ2v) is 6.04. The van der Waals surface area contributed by atoms with Gasteiger partial charge in [-0.3, -0.25) is 5.32 Å². The van der Waals surface area contributed by atoms with Crippen LogP contribution in [-0.4, -0.2) is 65.8 Å². The highest BCUT2D eigenvalue weighted by Crippen LogP contribution is 2.21. The van der Waals surface area contributed by atoms with Gasteiger partial charge >= 0.3 is 6.03 Å². The molecular formula is C18H24N6O3. The summed E-state index contributed by atoms with van der Waals surface area (Å²) in [6, 6.07) is 5.13. The molecule has 0 aliphatic carbocycles. The lowest BCUT2D eigenvalue weighted by Crippen LogP contribution is -2.50. The number of nitrogens with one attached hydrogen (secondary N) is 1. The standard InChI is InChI=1S/C18H24N6O3/c1-4-27-15-12-13(2)20-17(21-15)23-8-10-24(11-9-23)18(25)22-16-14(26-3)6-5-7-19-16/h5-7,12H,4,8-11H2,1-3H3,(H,19,22,25). The van der Waals surface area contributed by atoms with Crippen LogP contribution >= 0.6 is 0 Å². The van der Waals surface area contributed by atoms with Gasteiger partial charge in [-0.05, 0) is 26.0 Å². The first-order valence-electron chi connectivity index (χ1n) is 8.89.